The largest absolute Gasteiger partial charge is 0.369 e. The van der Waals surface area contributed by atoms with Gasteiger partial charge < -0.3 is 15.5 Å². The molecular formula is C24H26N4O4S. The summed E-state index contributed by atoms with van der Waals surface area (Å²) in [6, 6.07) is 15.1. The number of amides is 2. The summed E-state index contributed by atoms with van der Waals surface area (Å²) in [5, 5.41) is 0.830. The molecule has 172 valence electrons. The van der Waals surface area contributed by atoms with Crippen LogP contribution in [0.25, 0.3) is 10.9 Å². The van der Waals surface area contributed by atoms with Crippen LogP contribution in [-0.2, 0) is 16.1 Å². The maximum absolute atomic E-state index is 12.8. The van der Waals surface area contributed by atoms with Gasteiger partial charge in [-0.2, -0.15) is 10.6 Å². The fraction of sp³-hybridized carbons (Fsp3) is 0.292. The standard InChI is InChI=1S/C24H26N4O4S/c1-15-6-7-19-18(10-15)20(28-14-17(24(25)30)11-23(28)29)12-22(26-19)27-8-9-33(31,32)21-5-3-2-4-16(21)13-27/h2-7,10,12,17,31-32H,8-9,11,13-14H2,1H3,(H2,25,30). The molecule has 8 nitrogen and oxygen atoms in total. The first-order valence-electron chi connectivity index (χ1n) is 10.8. The third-order valence-electron chi connectivity index (χ3n) is 6.40. The second-order valence-corrected chi connectivity index (χ2v) is 10.9. The van der Waals surface area contributed by atoms with Crippen LogP contribution in [0.5, 0.6) is 0 Å². The number of primary amides is 1. The van der Waals surface area contributed by atoms with E-state index in [1.54, 1.807) is 11.0 Å². The molecule has 1 unspecified atom stereocenters. The number of aryl methyl sites for hydroxylation is 1. The average Bonchev–Trinajstić information content (AvgIpc) is 3.11. The second-order valence-electron chi connectivity index (χ2n) is 8.73. The van der Waals surface area contributed by atoms with Gasteiger partial charge in [-0.3, -0.25) is 18.7 Å². The van der Waals surface area contributed by atoms with Gasteiger partial charge in [0.15, 0.2) is 0 Å². The number of rotatable bonds is 3. The van der Waals surface area contributed by atoms with E-state index in [2.05, 4.69) is 0 Å². The van der Waals surface area contributed by atoms with Crippen LogP contribution in [0.1, 0.15) is 17.5 Å². The number of carbonyl (C=O) groups is 2. The van der Waals surface area contributed by atoms with Gasteiger partial charge in [0.1, 0.15) is 5.82 Å². The monoisotopic (exact) mass is 466 g/mol. The van der Waals surface area contributed by atoms with Crippen LogP contribution in [-0.4, -0.2) is 44.7 Å². The van der Waals surface area contributed by atoms with E-state index in [1.165, 1.54) is 0 Å². The van der Waals surface area contributed by atoms with Crippen LogP contribution < -0.4 is 15.5 Å². The summed E-state index contributed by atoms with van der Waals surface area (Å²) >= 11 is 0. The van der Waals surface area contributed by atoms with Gasteiger partial charge in [0, 0.05) is 37.5 Å². The number of carbonyl (C=O) groups excluding carboxylic acids is 2. The Morgan fingerprint density at radius 2 is 1.97 bits per heavy atom. The Labute approximate surface area is 193 Å². The molecule has 0 radical (unpaired) electrons. The SMILES string of the molecule is Cc1ccc2nc(N3CCS(O)(O)c4ccccc4C3)cc(N3CC(C(N)=O)CC3=O)c2c1. The van der Waals surface area contributed by atoms with Crippen molar-refractivity contribution in [2.24, 2.45) is 11.7 Å². The van der Waals surface area contributed by atoms with Crippen molar-refractivity contribution in [1.29, 1.82) is 0 Å². The van der Waals surface area contributed by atoms with Crippen molar-refractivity contribution in [3.63, 3.8) is 0 Å². The predicted octanol–water partition coefficient (Wildman–Crippen LogP) is 3.51. The lowest BCUT2D eigenvalue weighted by Crippen LogP contribution is -2.30. The first-order chi connectivity index (χ1) is 15.7. The van der Waals surface area contributed by atoms with Gasteiger partial charge in [-0.05, 0) is 30.7 Å². The smallest absolute Gasteiger partial charge is 0.227 e. The summed E-state index contributed by atoms with van der Waals surface area (Å²) in [4.78, 5) is 33.6. The van der Waals surface area contributed by atoms with Crippen molar-refractivity contribution in [1.82, 2.24) is 4.98 Å². The highest BCUT2D eigenvalue weighted by Crippen LogP contribution is 2.51. The fourth-order valence-corrected chi connectivity index (χ4v) is 6.15. The molecule has 3 aromatic rings. The highest BCUT2D eigenvalue weighted by Gasteiger charge is 2.35. The van der Waals surface area contributed by atoms with Crippen molar-refractivity contribution in [3.8, 4) is 0 Å². The van der Waals surface area contributed by atoms with Crippen molar-refractivity contribution in [3.05, 3.63) is 59.7 Å². The zero-order chi connectivity index (χ0) is 23.3. The topological polar surface area (TPSA) is 120 Å². The molecule has 1 saturated heterocycles. The Morgan fingerprint density at radius 1 is 1.18 bits per heavy atom. The Kier molecular flexibility index (Phi) is 5.27. The zero-order valence-electron chi connectivity index (χ0n) is 18.3. The number of pyridine rings is 1. The van der Waals surface area contributed by atoms with Gasteiger partial charge in [0.05, 0.1) is 27.8 Å². The molecule has 1 fully saturated rings. The summed E-state index contributed by atoms with van der Waals surface area (Å²) in [5.41, 5.74) is 8.79. The summed E-state index contributed by atoms with van der Waals surface area (Å²) in [5.74, 6) is -0.306. The number of benzene rings is 2. The van der Waals surface area contributed by atoms with E-state index < -0.39 is 22.4 Å². The molecule has 9 heteroatoms. The van der Waals surface area contributed by atoms with Crippen LogP contribution in [0.2, 0.25) is 0 Å². The number of anilines is 2. The van der Waals surface area contributed by atoms with Crippen LogP contribution in [0, 0.1) is 12.8 Å². The molecule has 0 aliphatic carbocycles. The lowest BCUT2D eigenvalue weighted by atomic mass is 10.1. The number of aromatic nitrogens is 1. The lowest BCUT2D eigenvalue weighted by Gasteiger charge is -2.32. The number of hydrogen-bond acceptors (Lipinski definition) is 6. The maximum Gasteiger partial charge on any atom is 0.227 e. The Morgan fingerprint density at radius 3 is 2.73 bits per heavy atom. The highest BCUT2D eigenvalue weighted by atomic mass is 32.3. The number of nitrogens with zero attached hydrogens (tertiary/aromatic N) is 3. The fourth-order valence-electron chi connectivity index (χ4n) is 4.61. The molecule has 2 amide bonds. The predicted molar refractivity (Wildman–Crippen MR) is 130 cm³/mol. The van der Waals surface area contributed by atoms with E-state index in [-0.39, 0.29) is 24.6 Å². The van der Waals surface area contributed by atoms with E-state index in [0.29, 0.717) is 29.5 Å². The lowest BCUT2D eigenvalue weighted by molar-refractivity contribution is -0.123. The van der Waals surface area contributed by atoms with Gasteiger partial charge in [-0.1, -0.05) is 29.8 Å². The van der Waals surface area contributed by atoms with E-state index in [9.17, 15) is 18.7 Å². The van der Waals surface area contributed by atoms with Gasteiger partial charge in [0.25, 0.3) is 0 Å². The van der Waals surface area contributed by atoms with Crippen LogP contribution in [0.15, 0.2) is 53.4 Å². The summed E-state index contributed by atoms with van der Waals surface area (Å²) in [6.07, 6.45) is 0.0955. The van der Waals surface area contributed by atoms with E-state index in [0.717, 1.165) is 22.0 Å². The highest BCUT2D eigenvalue weighted by molar-refractivity contribution is 8.24. The van der Waals surface area contributed by atoms with Crippen LogP contribution in [0.4, 0.5) is 11.5 Å². The van der Waals surface area contributed by atoms with Crippen LogP contribution in [0.3, 0.4) is 0 Å². The molecule has 33 heavy (non-hydrogen) atoms. The first kappa shape index (κ1) is 21.7. The number of fused-ring (bicyclic) bond motifs is 2. The number of hydrogen-bond donors (Lipinski definition) is 3. The van der Waals surface area contributed by atoms with Crippen LogP contribution >= 0.6 is 10.6 Å². The summed E-state index contributed by atoms with van der Waals surface area (Å²) in [6.45, 7) is 3.09. The minimum atomic E-state index is -2.90. The normalized spacial score (nSPS) is 21.1. The molecule has 2 aromatic carbocycles. The Balaban J connectivity index is 1.61. The Bertz CT molecular complexity index is 1280. The molecule has 2 aliphatic heterocycles. The third-order valence-corrected chi connectivity index (χ3v) is 8.26. The molecule has 3 heterocycles. The molecule has 4 N–H and O–H groups in total. The van der Waals surface area contributed by atoms with Gasteiger partial charge >= 0.3 is 0 Å². The Hall–Kier alpha value is -3.14. The van der Waals surface area contributed by atoms with E-state index in [4.69, 9.17) is 10.7 Å². The molecule has 0 spiro atoms. The second kappa shape index (κ2) is 8.02. The molecule has 1 atom stereocenters. The number of nitrogens with two attached hydrogens (primary N) is 1. The average molecular weight is 467 g/mol. The quantitative estimate of drug-likeness (QED) is 0.543. The van der Waals surface area contributed by atoms with E-state index in [1.807, 2.05) is 54.3 Å². The molecule has 0 bridgehead atoms. The van der Waals surface area contributed by atoms with Gasteiger partial charge in [0.2, 0.25) is 11.8 Å². The van der Waals surface area contributed by atoms with E-state index >= 15 is 0 Å². The summed E-state index contributed by atoms with van der Waals surface area (Å²) in [7, 11) is -2.90. The van der Waals surface area contributed by atoms with Gasteiger partial charge in [-0.15, -0.1) is 0 Å². The third kappa shape index (κ3) is 3.92. The van der Waals surface area contributed by atoms with Crippen molar-refractivity contribution >= 4 is 44.8 Å². The zero-order valence-corrected chi connectivity index (χ0v) is 19.1. The van der Waals surface area contributed by atoms with Crippen molar-refractivity contribution in [2.75, 3.05) is 28.6 Å². The maximum atomic E-state index is 12.8. The van der Waals surface area contributed by atoms with Crippen molar-refractivity contribution in [2.45, 2.75) is 24.8 Å². The summed E-state index contributed by atoms with van der Waals surface area (Å²) < 4.78 is 21.4. The van der Waals surface area contributed by atoms with Crippen molar-refractivity contribution < 1.29 is 18.7 Å². The minimum Gasteiger partial charge on any atom is -0.369 e. The molecule has 1 aromatic heterocycles. The first-order valence-corrected chi connectivity index (χ1v) is 12.5. The molecule has 5 rings (SSSR count). The molecular weight excluding hydrogens is 440 g/mol. The molecule has 2 aliphatic rings. The van der Waals surface area contributed by atoms with Gasteiger partial charge in [-0.25, -0.2) is 4.98 Å². The molecule has 0 saturated carbocycles. The minimum absolute atomic E-state index is 0.0955.